The Kier molecular flexibility index (Phi) is 5.86. The standard InChI is InChI=1S/C28H46O/c1-18(2)19(3)10-11-20(4)23-14-15-24-22-13-12-21-8-7-9-26(29)28(21,6)25(22)16-17-27(23,24)5/h10,12,18,20,22-26,29H,7-9,11,13-17H2,1-6H3/b19-10+/t20-,22+,23-,24+,25+,26?,27-,28+/m1/s1. The van der Waals surface area contributed by atoms with Crippen molar-refractivity contribution in [2.45, 2.75) is 105 Å². The van der Waals surface area contributed by atoms with Crippen LogP contribution in [0, 0.1) is 46.3 Å². The second kappa shape index (κ2) is 7.85. The van der Waals surface area contributed by atoms with Crippen LogP contribution in [-0.4, -0.2) is 11.2 Å². The second-order valence-corrected chi connectivity index (χ2v) is 12.1. The lowest BCUT2D eigenvalue weighted by atomic mass is 9.46. The molecule has 0 aromatic rings. The maximum absolute atomic E-state index is 11.1. The van der Waals surface area contributed by atoms with Crippen molar-refractivity contribution >= 4 is 0 Å². The van der Waals surface area contributed by atoms with E-state index < -0.39 is 0 Å². The summed E-state index contributed by atoms with van der Waals surface area (Å²) in [4.78, 5) is 0. The molecule has 0 aromatic heterocycles. The van der Waals surface area contributed by atoms with Crippen molar-refractivity contribution in [3.8, 4) is 0 Å². The molecule has 29 heavy (non-hydrogen) atoms. The third-order valence-electron chi connectivity index (χ3n) is 10.6. The fraction of sp³-hybridized carbons (Fsp3) is 0.857. The van der Waals surface area contributed by atoms with Gasteiger partial charge in [-0.25, -0.2) is 0 Å². The van der Waals surface area contributed by atoms with E-state index in [2.05, 4.69) is 53.7 Å². The van der Waals surface area contributed by atoms with E-state index in [1.807, 2.05) is 0 Å². The molecule has 0 spiro atoms. The normalized spacial score (nSPS) is 46.0. The van der Waals surface area contributed by atoms with Crippen LogP contribution in [0.1, 0.15) is 99.3 Å². The summed E-state index contributed by atoms with van der Waals surface area (Å²) < 4.78 is 0. The topological polar surface area (TPSA) is 20.2 Å². The van der Waals surface area contributed by atoms with Gasteiger partial charge in [0.25, 0.3) is 0 Å². The van der Waals surface area contributed by atoms with Gasteiger partial charge in [-0.05, 0) is 106 Å². The van der Waals surface area contributed by atoms with Crippen molar-refractivity contribution in [2.24, 2.45) is 46.3 Å². The molecule has 8 atom stereocenters. The lowest BCUT2D eigenvalue weighted by Gasteiger charge is -2.59. The Bertz CT molecular complexity index is 672. The fourth-order valence-corrected chi connectivity index (χ4v) is 8.46. The van der Waals surface area contributed by atoms with Crippen molar-refractivity contribution in [3.63, 3.8) is 0 Å². The van der Waals surface area contributed by atoms with Crippen LogP contribution in [0.4, 0.5) is 0 Å². The first-order valence-electron chi connectivity index (χ1n) is 12.7. The van der Waals surface area contributed by atoms with Crippen LogP contribution in [0.15, 0.2) is 23.3 Å². The third kappa shape index (κ3) is 3.38. The van der Waals surface area contributed by atoms with Gasteiger partial charge in [-0.3, -0.25) is 0 Å². The molecule has 0 aliphatic heterocycles. The summed E-state index contributed by atoms with van der Waals surface area (Å²) in [5.41, 5.74) is 3.76. The molecular formula is C28H46O. The molecule has 0 radical (unpaired) electrons. The highest BCUT2D eigenvalue weighted by Gasteiger charge is 2.60. The van der Waals surface area contributed by atoms with Gasteiger partial charge in [0, 0.05) is 5.41 Å². The van der Waals surface area contributed by atoms with Crippen molar-refractivity contribution in [2.75, 3.05) is 0 Å². The van der Waals surface area contributed by atoms with E-state index in [4.69, 9.17) is 0 Å². The smallest absolute Gasteiger partial charge is 0.0633 e. The average Bonchev–Trinajstić information content (AvgIpc) is 3.04. The van der Waals surface area contributed by atoms with Gasteiger partial charge in [0.1, 0.15) is 0 Å². The predicted molar refractivity (Wildman–Crippen MR) is 124 cm³/mol. The summed E-state index contributed by atoms with van der Waals surface area (Å²) in [6.07, 6.45) is 16.6. The molecule has 1 heteroatoms. The van der Waals surface area contributed by atoms with E-state index >= 15 is 0 Å². The molecule has 0 bridgehead atoms. The van der Waals surface area contributed by atoms with Crippen LogP contribution in [-0.2, 0) is 0 Å². The summed E-state index contributed by atoms with van der Waals surface area (Å²) in [5.74, 6) is 4.73. The number of hydrogen-bond acceptors (Lipinski definition) is 1. The van der Waals surface area contributed by atoms with E-state index in [-0.39, 0.29) is 11.5 Å². The molecule has 1 N–H and O–H groups in total. The summed E-state index contributed by atoms with van der Waals surface area (Å²) >= 11 is 0. The van der Waals surface area contributed by atoms with Gasteiger partial charge in [-0.2, -0.15) is 0 Å². The Morgan fingerprint density at radius 2 is 1.90 bits per heavy atom. The van der Waals surface area contributed by atoms with Crippen LogP contribution in [0.2, 0.25) is 0 Å². The Balaban J connectivity index is 1.54. The fourth-order valence-electron chi connectivity index (χ4n) is 8.46. The number of aliphatic hydroxyl groups excluding tert-OH is 1. The minimum atomic E-state index is -0.111. The summed E-state index contributed by atoms with van der Waals surface area (Å²) in [7, 11) is 0. The van der Waals surface area contributed by atoms with Gasteiger partial charge in [0.2, 0.25) is 0 Å². The van der Waals surface area contributed by atoms with Crippen LogP contribution in [0.5, 0.6) is 0 Å². The zero-order valence-corrected chi connectivity index (χ0v) is 20.0. The molecule has 3 saturated carbocycles. The van der Waals surface area contributed by atoms with E-state index in [0.29, 0.717) is 17.3 Å². The Morgan fingerprint density at radius 1 is 1.14 bits per heavy atom. The summed E-state index contributed by atoms with van der Waals surface area (Å²) in [6.45, 7) is 14.5. The van der Waals surface area contributed by atoms with Gasteiger partial charge in [-0.15, -0.1) is 0 Å². The molecule has 164 valence electrons. The number of rotatable bonds is 4. The zero-order valence-electron chi connectivity index (χ0n) is 20.0. The highest BCUT2D eigenvalue weighted by atomic mass is 16.3. The number of hydrogen-bond donors (Lipinski definition) is 1. The highest BCUT2D eigenvalue weighted by Crippen LogP contribution is 2.67. The Hall–Kier alpha value is -0.560. The molecule has 4 aliphatic rings. The van der Waals surface area contributed by atoms with Crippen molar-refractivity contribution in [3.05, 3.63) is 23.3 Å². The molecule has 1 unspecified atom stereocenters. The quantitative estimate of drug-likeness (QED) is 0.484. The summed E-state index contributed by atoms with van der Waals surface area (Å²) in [5, 5.41) is 11.1. The van der Waals surface area contributed by atoms with Crippen LogP contribution < -0.4 is 0 Å². The number of fused-ring (bicyclic) bond motifs is 5. The molecular weight excluding hydrogens is 352 g/mol. The van der Waals surface area contributed by atoms with Crippen LogP contribution >= 0.6 is 0 Å². The van der Waals surface area contributed by atoms with Gasteiger partial charge in [-0.1, -0.05) is 57.9 Å². The predicted octanol–water partition coefficient (Wildman–Crippen LogP) is 7.55. The maximum atomic E-state index is 11.1. The van der Waals surface area contributed by atoms with Gasteiger partial charge in [0.05, 0.1) is 6.10 Å². The van der Waals surface area contributed by atoms with Gasteiger partial charge < -0.3 is 5.11 Å². The second-order valence-electron chi connectivity index (χ2n) is 12.1. The molecule has 3 fully saturated rings. The Morgan fingerprint density at radius 3 is 2.62 bits per heavy atom. The van der Waals surface area contributed by atoms with Crippen LogP contribution in [0.25, 0.3) is 0 Å². The molecule has 4 rings (SSSR count). The lowest BCUT2D eigenvalue weighted by molar-refractivity contribution is -0.0926. The molecule has 0 saturated heterocycles. The molecule has 1 nitrogen and oxygen atoms in total. The lowest BCUT2D eigenvalue weighted by Crippen LogP contribution is -2.54. The minimum Gasteiger partial charge on any atom is -0.392 e. The monoisotopic (exact) mass is 398 g/mol. The molecule has 0 amide bonds. The average molecular weight is 399 g/mol. The first kappa shape index (κ1) is 21.7. The van der Waals surface area contributed by atoms with Crippen molar-refractivity contribution < 1.29 is 5.11 Å². The van der Waals surface area contributed by atoms with E-state index in [9.17, 15) is 5.11 Å². The minimum absolute atomic E-state index is 0.0727. The van der Waals surface area contributed by atoms with Gasteiger partial charge >= 0.3 is 0 Å². The SMILES string of the molecule is C/C(=C\C[C@@H](C)[C@H]1CC[C@H]2[C@@H]3CC=C4CCCC(O)[C@]4(C)[C@H]3CC[C@]12C)C(C)C. The first-order chi connectivity index (χ1) is 13.7. The van der Waals surface area contributed by atoms with Crippen molar-refractivity contribution in [1.29, 1.82) is 0 Å². The molecule has 4 aliphatic carbocycles. The molecule has 0 aromatic carbocycles. The van der Waals surface area contributed by atoms with E-state index in [1.165, 1.54) is 51.4 Å². The maximum Gasteiger partial charge on any atom is 0.0633 e. The first-order valence-corrected chi connectivity index (χ1v) is 12.7. The number of aliphatic hydroxyl groups is 1. The largest absolute Gasteiger partial charge is 0.392 e. The van der Waals surface area contributed by atoms with Gasteiger partial charge in [0.15, 0.2) is 0 Å². The van der Waals surface area contributed by atoms with E-state index in [1.54, 1.807) is 11.1 Å². The van der Waals surface area contributed by atoms with Crippen LogP contribution in [0.3, 0.4) is 0 Å². The summed E-state index contributed by atoms with van der Waals surface area (Å²) in [6, 6.07) is 0. The third-order valence-corrected chi connectivity index (χ3v) is 10.6. The highest BCUT2D eigenvalue weighted by molar-refractivity contribution is 5.26. The number of allylic oxidation sites excluding steroid dienone is 3. The van der Waals surface area contributed by atoms with Crippen molar-refractivity contribution in [1.82, 2.24) is 0 Å². The van der Waals surface area contributed by atoms with E-state index in [0.717, 1.165) is 30.1 Å². The Labute approximate surface area is 180 Å². The zero-order chi connectivity index (χ0) is 21.0. The molecule has 0 heterocycles.